The molecule has 0 aromatic heterocycles. The molecule has 0 spiro atoms. The van der Waals surface area contributed by atoms with E-state index < -0.39 is 0 Å². The third kappa shape index (κ3) is 17.2. The number of nitrogens with zero attached hydrogens (tertiary/aromatic N) is 2. The molecule has 0 bridgehead atoms. The molecule has 220 valence electrons. The van der Waals surface area contributed by atoms with E-state index in [1.54, 1.807) is 0 Å². The van der Waals surface area contributed by atoms with Gasteiger partial charge in [0.05, 0.1) is 17.1 Å². The Morgan fingerprint density at radius 2 is 1.10 bits per heavy atom. The van der Waals surface area contributed by atoms with E-state index in [9.17, 15) is 0 Å². The fourth-order valence-corrected chi connectivity index (χ4v) is 4.48. The van der Waals surface area contributed by atoms with Gasteiger partial charge in [-0.1, -0.05) is 104 Å². The molecule has 4 nitrogen and oxygen atoms in total. The molecular formula is C34H54N4Ni. The predicted octanol–water partition coefficient (Wildman–Crippen LogP) is 10.9. The minimum atomic E-state index is 0. The van der Waals surface area contributed by atoms with Gasteiger partial charge in [0, 0.05) is 47.2 Å². The summed E-state index contributed by atoms with van der Waals surface area (Å²) in [6, 6.07) is 16.9. The molecule has 2 rings (SSSR count). The number of benzene rings is 2. The monoisotopic (exact) mass is 576 g/mol. The van der Waals surface area contributed by atoms with E-state index in [-0.39, 0.29) is 16.5 Å². The van der Waals surface area contributed by atoms with Gasteiger partial charge in [0.25, 0.3) is 0 Å². The first-order chi connectivity index (χ1) is 18.7. The zero-order valence-electron chi connectivity index (χ0n) is 24.9. The van der Waals surface area contributed by atoms with Gasteiger partial charge in [0.1, 0.15) is 0 Å². The molecule has 0 aliphatic heterocycles. The summed E-state index contributed by atoms with van der Waals surface area (Å²) >= 11 is 0. The van der Waals surface area contributed by atoms with Gasteiger partial charge in [-0.3, -0.25) is 9.98 Å². The van der Waals surface area contributed by atoms with Crippen LogP contribution in [0.5, 0.6) is 0 Å². The maximum atomic E-state index is 4.98. The van der Waals surface area contributed by atoms with Crippen LogP contribution in [0.3, 0.4) is 0 Å². The average Bonchev–Trinajstić information content (AvgIpc) is 2.94. The molecule has 2 N–H and O–H groups in total. The van der Waals surface area contributed by atoms with Crippen LogP contribution >= 0.6 is 0 Å². The van der Waals surface area contributed by atoms with Crippen LogP contribution in [-0.4, -0.2) is 25.0 Å². The van der Waals surface area contributed by atoms with Crippen LogP contribution < -0.4 is 10.6 Å². The van der Waals surface area contributed by atoms with Gasteiger partial charge in [-0.15, -0.1) is 0 Å². The van der Waals surface area contributed by atoms with Crippen LogP contribution in [0.4, 0.5) is 22.7 Å². The van der Waals surface area contributed by atoms with Crippen molar-refractivity contribution in [1.29, 1.82) is 0 Å². The van der Waals surface area contributed by atoms with Gasteiger partial charge >= 0.3 is 0 Å². The summed E-state index contributed by atoms with van der Waals surface area (Å²) in [5.74, 6) is 0. The second kappa shape index (κ2) is 23.7. The van der Waals surface area contributed by atoms with Crippen molar-refractivity contribution in [3.05, 3.63) is 48.5 Å². The molecule has 2 aromatic carbocycles. The Hall–Kier alpha value is -2.13. The van der Waals surface area contributed by atoms with Crippen LogP contribution in [0.2, 0.25) is 0 Å². The van der Waals surface area contributed by atoms with E-state index in [2.05, 4.69) is 79.9 Å². The average molecular weight is 578 g/mol. The van der Waals surface area contributed by atoms with Gasteiger partial charge in [-0.05, 0) is 62.1 Å². The Morgan fingerprint density at radius 1 is 0.615 bits per heavy atom. The van der Waals surface area contributed by atoms with Crippen molar-refractivity contribution < 1.29 is 16.5 Å². The summed E-state index contributed by atoms with van der Waals surface area (Å²) in [6.45, 7) is 8.80. The molecule has 0 aliphatic rings. The van der Waals surface area contributed by atoms with Crippen molar-refractivity contribution in [2.45, 2.75) is 117 Å². The molecule has 39 heavy (non-hydrogen) atoms. The number of hydrogen-bond acceptors (Lipinski definition) is 4. The number of anilines is 2. The SMILES string of the molecule is CCCCCCCCNc1cccc(/N=C/C(CCCC)=N/c2cccc(NCCCCCCCC)c2)c1.[Ni]. The second-order valence-corrected chi connectivity index (χ2v) is 10.5. The molecule has 0 fully saturated rings. The first-order valence-corrected chi connectivity index (χ1v) is 15.5. The number of rotatable bonds is 22. The van der Waals surface area contributed by atoms with Crippen molar-refractivity contribution in [2.75, 3.05) is 23.7 Å². The zero-order chi connectivity index (χ0) is 27.1. The van der Waals surface area contributed by atoms with Gasteiger partial charge in [-0.2, -0.15) is 0 Å². The molecule has 5 heteroatoms. The van der Waals surface area contributed by atoms with Gasteiger partial charge in [-0.25, -0.2) is 0 Å². The maximum absolute atomic E-state index is 4.98. The topological polar surface area (TPSA) is 48.8 Å². The Kier molecular flexibility index (Phi) is 21.2. The van der Waals surface area contributed by atoms with Crippen LogP contribution in [0.25, 0.3) is 0 Å². The fraction of sp³-hybridized carbons (Fsp3) is 0.588. The molecule has 0 radical (unpaired) electrons. The summed E-state index contributed by atoms with van der Waals surface area (Å²) in [5.41, 5.74) is 5.28. The van der Waals surface area contributed by atoms with E-state index in [0.717, 1.165) is 60.8 Å². The molecule has 2 aromatic rings. The summed E-state index contributed by atoms with van der Waals surface area (Å²) in [6.07, 6.45) is 20.9. The van der Waals surface area contributed by atoms with Crippen molar-refractivity contribution in [2.24, 2.45) is 9.98 Å². The van der Waals surface area contributed by atoms with Crippen molar-refractivity contribution >= 4 is 34.7 Å². The number of nitrogens with one attached hydrogen (secondary N) is 2. The van der Waals surface area contributed by atoms with Gasteiger partial charge < -0.3 is 10.6 Å². The molecule has 0 saturated heterocycles. The van der Waals surface area contributed by atoms with E-state index >= 15 is 0 Å². The Morgan fingerprint density at radius 3 is 1.67 bits per heavy atom. The van der Waals surface area contributed by atoms with Crippen LogP contribution in [-0.2, 0) is 16.5 Å². The molecule has 0 atom stereocenters. The standard InChI is InChI=1S/C34H54N4.Ni/c1-4-7-10-12-14-16-25-35-30-21-18-23-32(27-30)37-29-34(20-9-6-3)38-33-24-19-22-31(28-33)36-26-17-15-13-11-8-5-2;/h18-19,21-24,27-29,35-36H,4-17,20,25-26H2,1-3H3;/b37-29+,38-34+;. The quantitative estimate of drug-likeness (QED) is 0.0831. The summed E-state index contributed by atoms with van der Waals surface area (Å²) in [7, 11) is 0. The normalized spacial score (nSPS) is 11.5. The first kappa shape index (κ1) is 34.9. The van der Waals surface area contributed by atoms with Gasteiger partial charge in [0.2, 0.25) is 0 Å². The zero-order valence-corrected chi connectivity index (χ0v) is 25.9. The van der Waals surface area contributed by atoms with Crippen molar-refractivity contribution in [3.8, 4) is 0 Å². The van der Waals surface area contributed by atoms with Crippen LogP contribution in [0.15, 0.2) is 58.5 Å². The van der Waals surface area contributed by atoms with E-state index in [4.69, 9.17) is 9.98 Å². The largest absolute Gasteiger partial charge is 0.385 e. The first-order valence-electron chi connectivity index (χ1n) is 15.5. The predicted molar refractivity (Wildman–Crippen MR) is 171 cm³/mol. The molecule has 0 saturated carbocycles. The van der Waals surface area contributed by atoms with Crippen molar-refractivity contribution in [3.63, 3.8) is 0 Å². The minimum Gasteiger partial charge on any atom is -0.385 e. The van der Waals surface area contributed by atoms with E-state index in [1.165, 1.54) is 77.0 Å². The minimum absolute atomic E-state index is 0. The van der Waals surface area contributed by atoms with Crippen LogP contribution in [0, 0.1) is 0 Å². The molecule has 0 unspecified atom stereocenters. The van der Waals surface area contributed by atoms with E-state index in [0.29, 0.717) is 0 Å². The Labute approximate surface area is 249 Å². The molecular weight excluding hydrogens is 523 g/mol. The van der Waals surface area contributed by atoms with Crippen molar-refractivity contribution in [1.82, 2.24) is 0 Å². The molecule has 0 aliphatic carbocycles. The number of hydrogen-bond donors (Lipinski definition) is 2. The second-order valence-electron chi connectivity index (χ2n) is 10.5. The summed E-state index contributed by atoms with van der Waals surface area (Å²) in [4.78, 5) is 9.77. The molecule has 0 amide bonds. The van der Waals surface area contributed by atoms with Crippen LogP contribution in [0.1, 0.15) is 117 Å². The Bertz CT molecular complexity index is 925. The smallest absolute Gasteiger partial charge is 0.0654 e. The number of unbranched alkanes of at least 4 members (excludes halogenated alkanes) is 11. The number of aliphatic imine (C=N–C) groups is 2. The summed E-state index contributed by atoms with van der Waals surface area (Å²) < 4.78 is 0. The third-order valence-electron chi connectivity index (χ3n) is 6.83. The van der Waals surface area contributed by atoms with Gasteiger partial charge in [0.15, 0.2) is 0 Å². The van der Waals surface area contributed by atoms with E-state index in [1.807, 2.05) is 6.21 Å². The Balaban J connectivity index is 0.00000760. The molecule has 0 heterocycles. The summed E-state index contributed by atoms with van der Waals surface area (Å²) in [5, 5.41) is 7.15. The fourth-order valence-electron chi connectivity index (χ4n) is 4.48. The third-order valence-corrected chi connectivity index (χ3v) is 6.83. The maximum Gasteiger partial charge on any atom is 0.0654 e.